The highest BCUT2D eigenvalue weighted by molar-refractivity contribution is 8.13. The molecule has 1 aromatic rings. The van der Waals surface area contributed by atoms with E-state index >= 15 is 0 Å². The van der Waals surface area contributed by atoms with Gasteiger partial charge in [-0.25, -0.2) is 0 Å². The molecule has 23 heavy (non-hydrogen) atoms. The first kappa shape index (κ1) is 18.1. The summed E-state index contributed by atoms with van der Waals surface area (Å²) in [7, 11) is -0.480. The summed E-state index contributed by atoms with van der Waals surface area (Å²) >= 11 is 1.24. The molecular weight excluding hydrogens is 309 g/mol. The van der Waals surface area contributed by atoms with Gasteiger partial charge in [-0.2, -0.15) is 0 Å². The topological polar surface area (TPSA) is 61.6 Å². The summed E-state index contributed by atoms with van der Waals surface area (Å²) < 4.78 is 12.2. The fourth-order valence-electron chi connectivity index (χ4n) is 2.20. The summed E-state index contributed by atoms with van der Waals surface area (Å²) in [5, 5.41) is 0.0634. The molecule has 0 unspecified atom stereocenters. The standard InChI is InChI=1S/C17H24BNO3S/c1-12(20)23-11-14(10-13-8-6-7-9-15(13)19)18-21-16(2,3)17(4,5)22-18/h6-10H,11,19H2,1-5H3. The number of anilines is 1. The van der Waals surface area contributed by atoms with Crippen LogP contribution in [0.1, 0.15) is 40.2 Å². The molecule has 0 bridgehead atoms. The molecule has 1 aromatic carbocycles. The third-order valence-corrected chi connectivity index (χ3v) is 5.22. The van der Waals surface area contributed by atoms with Crippen molar-refractivity contribution in [1.82, 2.24) is 0 Å². The average Bonchev–Trinajstić information content (AvgIpc) is 2.65. The van der Waals surface area contributed by atoms with Crippen LogP contribution in [0.2, 0.25) is 0 Å². The van der Waals surface area contributed by atoms with Crippen LogP contribution in [-0.2, 0) is 14.1 Å². The highest BCUT2D eigenvalue weighted by Gasteiger charge is 2.52. The Bertz CT molecular complexity index is 612. The van der Waals surface area contributed by atoms with Crippen LogP contribution in [0.15, 0.2) is 29.7 Å². The third kappa shape index (κ3) is 4.19. The molecular formula is C17H24BNO3S. The summed E-state index contributed by atoms with van der Waals surface area (Å²) in [4.78, 5) is 11.4. The van der Waals surface area contributed by atoms with Crippen LogP contribution in [0, 0.1) is 0 Å². The molecule has 0 amide bonds. The second-order valence-electron chi connectivity index (χ2n) is 6.72. The maximum absolute atomic E-state index is 11.4. The van der Waals surface area contributed by atoms with Gasteiger partial charge in [0, 0.05) is 18.4 Å². The number of rotatable bonds is 4. The summed E-state index contributed by atoms with van der Waals surface area (Å²) in [6, 6.07) is 7.62. The summed E-state index contributed by atoms with van der Waals surface area (Å²) in [6.45, 7) is 9.61. The number of para-hydroxylation sites is 1. The van der Waals surface area contributed by atoms with Crippen LogP contribution in [0.3, 0.4) is 0 Å². The van der Waals surface area contributed by atoms with Gasteiger partial charge in [-0.15, -0.1) is 0 Å². The van der Waals surface area contributed by atoms with E-state index in [9.17, 15) is 4.79 Å². The number of hydrogen-bond acceptors (Lipinski definition) is 5. The van der Waals surface area contributed by atoms with Crippen LogP contribution in [0.5, 0.6) is 0 Å². The molecule has 0 aliphatic carbocycles. The summed E-state index contributed by atoms with van der Waals surface area (Å²) in [5.74, 6) is 0.514. The molecule has 1 fully saturated rings. The molecule has 6 heteroatoms. The highest BCUT2D eigenvalue weighted by atomic mass is 32.2. The maximum atomic E-state index is 11.4. The Morgan fingerprint density at radius 1 is 1.22 bits per heavy atom. The number of nitrogens with two attached hydrogens (primary N) is 1. The van der Waals surface area contributed by atoms with E-state index in [4.69, 9.17) is 15.0 Å². The molecule has 124 valence electrons. The van der Waals surface area contributed by atoms with Crippen LogP contribution in [-0.4, -0.2) is 29.2 Å². The van der Waals surface area contributed by atoms with Crippen molar-refractivity contribution in [3.05, 3.63) is 35.3 Å². The van der Waals surface area contributed by atoms with Gasteiger partial charge in [0.2, 0.25) is 0 Å². The van der Waals surface area contributed by atoms with E-state index in [2.05, 4.69) is 0 Å². The van der Waals surface area contributed by atoms with Gasteiger partial charge < -0.3 is 15.0 Å². The van der Waals surface area contributed by atoms with Crippen molar-refractivity contribution in [2.45, 2.75) is 45.8 Å². The Morgan fingerprint density at radius 3 is 2.30 bits per heavy atom. The molecule has 1 saturated heterocycles. The van der Waals surface area contributed by atoms with E-state index in [0.717, 1.165) is 11.0 Å². The number of hydrogen-bond donors (Lipinski definition) is 1. The molecule has 4 nitrogen and oxygen atoms in total. The zero-order chi connectivity index (χ0) is 17.3. The fraction of sp³-hybridized carbons (Fsp3) is 0.471. The Morgan fingerprint density at radius 2 is 1.78 bits per heavy atom. The van der Waals surface area contributed by atoms with Crippen molar-refractivity contribution in [3.63, 3.8) is 0 Å². The first-order valence-corrected chi connectivity index (χ1v) is 8.65. The zero-order valence-electron chi connectivity index (χ0n) is 14.4. The van der Waals surface area contributed by atoms with E-state index in [1.165, 1.54) is 11.8 Å². The van der Waals surface area contributed by atoms with Gasteiger partial charge in [0.25, 0.3) is 0 Å². The van der Waals surface area contributed by atoms with Crippen molar-refractivity contribution >= 4 is 35.8 Å². The minimum atomic E-state index is -0.480. The average molecular weight is 333 g/mol. The summed E-state index contributed by atoms with van der Waals surface area (Å²) in [5.41, 5.74) is 7.69. The van der Waals surface area contributed by atoms with Crippen LogP contribution in [0.25, 0.3) is 6.08 Å². The minimum Gasteiger partial charge on any atom is -0.400 e. The molecule has 0 saturated carbocycles. The quantitative estimate of drug-likeness (QED) is 0.674. The van der Waals surface area contributed by atoms with E-state index in [1.54, 1.807) is 6.92 Å². The van der Waals surface area contributed by atoms with Crippen molar-refractivity contribution in [2.75, 3.05) is 11.5 Å². The monoisotopic (exact) mass is 333 g/mol. The van der Waals surface area contributed by atoms with E-state index < -0.39 is 18.3 Å². The fourth-order valence-corrected chi connectivity index (χ4v) is 2.79. The molecule has 1 heterocycles. The van der Waals surface area contributed by atoms with E-state index in [0.29, 0.717) is 11.4 Å². The first-order chi connectivity index (χ1) is 10.6. The molecule has 0 atom stereocenters. The van der Waals surface area contributed by atoms with Gasteiger partial charge in [0.05, 0.1) is 11.2 Å². The molecule has 0 aromatic heterocycles. The summed E-state index contributed by atoms with van der Waals surface area (Å²) in [6.07, 6.45) is 1.97. The molecule has 2 rings (SSSR count). The second kappa shape index (κ2) is 6.71. The lowest BCUT2D eigenvalue weighted by atomic mass is 9.78. The number of nitrogen functional groups attached to an aromatic ring is 1. The van der Waals surface area contributed by atoms with Crippen LogP contribution < -0.4 is 5.73 Å². The first-order valence-electron chi connectivity index (χ1n) is 7.66. The van der Waals surface area contributed by atoms with Crippen LogP contribution >= 0.6 is 11.8 Å². The highest BCUT2D eigenvalue weighted by Crippen LogP contribution is 2.39. The second-order valence-corrected chi connectivity index (χ2v) is 7.87. The number of carbonyl (C=O) groups excluding carboxylic acids is 1. The van der Waals surface area contributed by atoms with Gasteiger partial charge in [-0.05, 0) is 44.8 Å². The number of benzene rings is 1. The lowest BCUT2D eigenvalue weighted by Gasteiger charge is -2.32. The largest absolute Gasteiger partial charge is 0.491 e. The lowest BCUT2D eigenvalue weighted by Crippen LogP contribution is -2.41. The molecule has 1 aliphatic heterocycles. The number of thioether (sulfide) groups is 1. The predicted molar refractivity (Wildman–Crippen MR) is 98.1 cm³/mol. The Hall–Kier alpha value is -1.24. The van der Waals surface area contributed by atoms with E-state index in [-0.39, 0.29) is 5.12 Å². The van der Waals surface area contributed by atoms with Crippen molar-refractivity contribution in [2.24, 2.45) is 0 Å². The van der Waals surface area contributed by atoms with E-state index in [1.807, 2.05) is 58.0 Å². The molecule has 0 spiro atoms. The van der Waals surface area contributed by atoms with Crippen molar-refractivity contribution in [1.29, 1.82) is 0 Å². The molecule has 2 N–H and O–H groups in total. The van der Waals surface area contributed by atoms with Gasteiger partial charge >= 0.3 is 7.12 Å². The smallest absolute Gasteiger partial charge is 0.400 e. The zero-order valence-corrected chi connectivity index (χ0v) is 15.2. The Kier molecular flexibility index (Phi) is 5.28. The normalized spacial score (nSPS) is 19.9. The number of carbonyl (C=O) groups is 1. The lowest BCUT2D eigenvalue weighted by molar-refractivity contribution is -0.109. The Labute approximate surface area is 142 Å². The van der Waals surface area contributed by atoms with Gasteiger partial charge in [-0.1, -0.05) is 36.0 Å². The SMILES string of the molecule is CC(=O)SCC(=Cc1ccccc1N)B1OC(C)(C)C(C)(C)O1. The Balaban J connectivity index is 2.32. The van der Waals surface area contributed by atoms with Gasteiger partial charge in [0.1, 0.15) is 0 Å². The van der Waals surface area contributed by atoms with Crippen molar-refractivity contribution < 1.29 is 14.1 Å². The van der Waals surface area contributed by atoms with Crippen LogP contribution in [0.4, 0.5) is 5.69 Å². The van der Waals surface area contributed by atoms with Gasteiger partial charge in [0.15, 0.2) is 5.12 Å². The van der Waals surface area contributed by atoms with Gasteiger partial charge in [-0.3, -0.25) is 4.79 Å². The maximum Gasteiger partial charge on any atom is 0.491 e. The molecule has 1 aliphatic rings. The molecule has 0 radical (unpaired) electrons. The predicted octanol–water partition coefficient (Wildman–Crippen LogP) is 3.56. The minimum absolute atomic E-state index is 0.0634. The third-order valence-electron chi connectivity index (χ3n) is 4.34. The van der Waals surface area contributed by atoms with Crippen molar-refractivity contribution in [3.8, 4) is 0 Å².